The first kappa shape index (κ1) is 22.3. The fourth-order valence-corrected chi connectivity index (χ4v) is 4.50. The molecule has 3 aromatic rings. The summed E-state index contributed by atoms with van der Waals surface area (Å²) in [6.45, 7) is 0.515. The molecule has 1 saturated carbocycles. The highest BCUT2D eigenvalue weighted by Gasteiger charge is 2.48. The number of alkyl halides is 3. The van der Waals surface area contributed by atoms with Crippen LogP contribution in [-0.4, -0.2) is 34.6 Å². The van der Waals surface area contributed by atoms with Crippen LogP contribution in [-0.2, 0) is 4.74 Å². The molecule has 0 bridgehead atoms. The third-order valence-corrected chi connectivity index (χ3v) is 6.03. The molecule has 1 saturated heterocycles. The molecular weight excluding hydrogens is 447 g/mol. The molecule has 1 N–H and O–H groups in total. The van der Waals surface area contributed by atoms with E-state index >= 15 is 0 Å². The van der Waals surface area contributed by atoms with Crippen molar-refractivity contribution in [3.8, 4) is 5.75 Å². The number of imidazole rings is 1. The summed E-state index contributed by atoms with van der Waals surface area (Å²) < 4.78 is 47.1. The number of ether oxygens (including phenoxy) is 2. The third-order valence-electron chi connectivity index (χ3n) is 6.03. The number of rotatable bonds is 3. The second kappa shape index (κ2) is 8.20. The van der Waals surface area contributed by atoms with Gasteiger partial charge in [0.25, 0.3) is 0 Å². The van der Waals surface area contributed by atoms with Crippen molar-refractivity contribution in [2.75, 3.05) is 11.4 Å². The number of amides is 1. The Bertz CT molecular complexity index is 1110. The number of anilines is 1. The minimum Gasteiger partial charge on any atom is -0.441 e. The monoisotopic (exact) mass is 467 g/mol. The van der Waals surface area contributed by atoms with Gasteiger partial charge >= 0.3 is 12.5 Å². The number of fused-ring (bicyclic) bond motifs is 1. The molecule has 1 aliphatic heterocycles. The van der Waals surface area contributed by atoms with E-state index in [4.69, 9.17) is 4.74 Å². The van der Waals surface area contributed by atoms with E-state index in [0.29, 0.717) is 30.4 Å². The summed E-state index contributed by atoms with van der Waals surface area (Å²) in [5, 5.41) is 0. The number of para-hydroxylation sites is 1. The minimum absolute atomic E-state index is 0. The van der Waals surface area contributed by atoms with Crippen LogP contribution >= 0.6 is 12.4 Å². The Morgan fingerprint density at radius 2 is 1.84 bits per heavy atom. The van der Waals surface area contributed by atoms with Gasteiger partial charge in [0.15, 0.2) is 0 Å². The van der Waals surface area contributed by atoms with Crippen molar-refractivity contribution < 1.29 is 27.4 Å². The molecule has 2 fully saturated rings. The van der Waals surface area contributed by atoms with Crippen LogP contribution in [0.15, 0.2) is 48.5 Å². The van der Waals surface area contributed by atoms with Crippen molar-refractivity contribution in [3.63, 3.8) is 0 Å². The molecule has 1 spiro atoms. The smallest absolute Gasteiger partial charge is 0.441 e. The summed E-state index contributed by atoms with van der Waals surface area (Å²) in [5.74, 6) is 0.562. The predicted molar refractivity (Wildman–Crippen MR) is 114 cm³/mol. The number of carbonyl (C=O) groups excluding carboxylic acids is 1. The van der Waals surface area contributed by atoms with Gasteiger partial charge < -0.3 is 14.5 Å². The van der Waals surface area contributed by atoms with Gasteiger partial charge in [0, 0.05) is 17.7 Å². The average Bonchev–Trinajstić information content (AvgIpc) is 3.29. The van der Waals surface area contributed by atoms with E-state index < -0.39 is 12.0 Å². The Kier molecular flexibility index (Phi) is 5.70. The first-order valence-electron chi connectivity index (χ1n) is 10.1. The Labute approximate surface area is 188 Å². The van der Waals surface area contributed by atoms with Crippen LogP contribution in [0.1, 0.15) is 37.4 Å². The van der Waals surface area contributed by atoms with Crippen LogP contribution in [0.4, 0.5) is 23.7 Å². The summed E-state index contributed by atoms with van der Waals surface area (Å²) in [4.78, 5) is 21.8. The summed E-state index contributed by atoms with van der Waals surface area (Å²) >= 11 is 0. The molecule has 0 atom stereocenters. The van der Waals surface area contributed by atoms with Crippen molar-refractivity contribution in [2.45, 2.75) is 43.6 Å². The van der Waals surface area contributed by atoms with Crippen LogP contribution in [0.3, 0.4) is 0 Å². The van der Waals surface area contributed by atoms with Crippen LogP contribution in [0.5, 0.6) is 5.75 Å². The van der Waals surface area contributed by atoms with E-state index in [0.717, 1.165) is 24.4 Å². The average molecular weight is 468 g/mol. The van der Waals surface area contributed by atoms with Gasteiger partial charge in [-0.2, -0.15) is 0 Å². The first-order valence-corrected chi connectivity index (χ1v) is 10.1. The molecule has 2 aliphatic rings. The number of halogens is 4. The van der Waals surface area contributed by atoms with Crippen LogP contribution in [0.25, 0.3) is 11.0 Å². The molecule has 0 radical (unpaired) electrons. The Morgan fingerprint density at radius 3 is 2.53 bits per heavy atom. The van der Waals surface area contributed by atoms with Crippen molar-refractivity contribution >= 4 is 35.2 Å². The van der Waals surface area contributed by atoms with E-state index in [2.05, 4.69) is 14.7 Å². The van der Waals surface area contributed by atoms with E-state index in [1.165, 1.54) is 18.2 Å². The molecule has 32 heavy (non-hydrogen) atoms. The first-order chi connectivity index (χ1) is 14.8. The minimum atomic E-state index is -4.74. The highest BCUT2D eigenvalue weighted by atomic mass is 35.5. The van der Waals surface area contributed by atoms with Crippen molar-refractivity contribution in [2.24, 2.45) is 0 Å². The Morgan fingerprint density at radius 1 is 1.12 bits per heavy atom. The summed E-state index contributed by atoms with van der Waals surface area (Å²) in [6, 6.07) is 13.5. The number of benzene rings is 2. The fourth-order valence-electron chi connectivity index (χ4n) is 4.50. The van der Waals surface area contributed by atoms with Crippen LogP contribution < -0.4 is 9.64 Å². The number of H-pyrrole nitrogens is 1. The second-order valence-electron chi connectivity index (χ2n) is 8.10. The van der Waals surface area contributed by atoms with Crippen molar-refractivity contribution in [1.82, 2.24) is 9.97 Å². The molecule has 1 amide bonds. The van der Waals surface area contributed by atoms with Crippen molar-refractivity contribution in [3.05, 3.63) is 54.4 Å². The number of nitrogens with zero attached hydrogens (tertiary/aromatic N) is 2. The van der Waals surface area contributed by atoms with Gasteiger partial charge in [0.2, 0.25) is 0 Å². The van der Waals surface area contributed by atoms with Crippen LogP contribution in [0, 0.1) is 0 Å². The zero-order valence-corrected chi connectivity index (χ0v) is 17.7. The highest BCUT2D eigenvalue weighted by molar-refractivity contribution is 5.90. The summed E-state index contributed by atoms with van der Waals surface area (Å²) in [5.41, 5.74) is 1.40. The van der Waals surface area contributed by atoms with Gasteiger partial charge in [0.1, 0.15) is 17.2 Å². The van der Waals surface area contributed by atoms with Gasteiger partial charge in [-0.05, 0) is 49.9 Å². The molecule has 2 aromatic carbocycles. The van der Waals surface area contributed by atoms with Gasteiger partial charge in [-0.25, -0.2) is 9.78 Å². The number of aromatic nitrogens is 2. The second-order valence-corrected chi connectivity index (χ2v) is 8.10. The molecule has 5 rings (SSSR count). The topological polar surface area (TPSA) is 67.5 Å². The Hall–Kier alpha value is -2.94. The van der Waals surface area contributed by atoms with E-state index in [-0.39, 0.29) is 30.2 Å². The lowest BCUT2D eigenvalue weighted by atomic mass is 9.78. The number of aromatic amines is 1. The maximum atomic E-state index is 12.5. The SMILES string of the molecule is Cl.O=C1O[C@]2(CC[C@H](c3nc4cc(OC(F)(F)F)ccc4[nH]3)CC2)CN1c1ccccc1. The Balaban J connectivity index is 0.00000245. The number of hydrogen-bond donors (Lipinski definition) is 1. The normalized spacial score (nSPS) is 23.3. The predicted octanol–water partition coefficient (Wildman–Crippen LogP) is 5.94. The van der Waals surface area contributed by atoms with Gasteiger partial charge in [0.05, 0.1) is 17.6 Å². The summed E-state index contributed by atoms with van der Waals surface area (Å²) in [7, 11) is 0. The number of hydrogen-bond acceptors (Lipinski definition) is 4. The molecule has 2 heterocycles. The molecular formula is C22H21ClF3N3O3. The molecule has 0 unspecified atom stereocenters. The van der Waals surface area contributed by atoms with Gasteiger partial charge in [-0.3, -0.25) is 4.90 Å². The lowest BCUT2D eigenvalue weighted by Crippen LogP contribution is -2.38. The third kappa shape index (κ3) is 4.34. The maximum Gasteiger partial charge on any atom is 0.573 e. The lowest BCUT2D eigenvalue weighted by molar-refractivity contribution is -0.274. The van der Waals surface area contributed by atoms with Gasteiger partial charge in [-0.1, -0.05) is 18.2 Å². The highest BCUT2D eigenvalue weighted by Crippen LogP contribution is 2.43. The molecule has 170 valence electrons. The van der Waals surface area contributed by atoms with Crippen molar-refractivity contribution in [1.29, 1.82) is 0 Å². The molecule has 1 aromatic heterocycles. The van der Waals surface area contributed by atoms with E-state index in [1.54, 1.807) is 4.90 Å². The molecule has 10 heteroatoms. The van der Waals surface area contributed by atoms with Gasteiger partial charge in [-0.15, -0.1) is 25.6 Å². The quantitative estimate of drug-likeness (QED) is 0.518. The lowest BCUT2D eigenvalue weighted by Gasteiger charge is -2.34. The van der Waals surface area contributed by atoms with E-state index in [1.807, 2.05) is 30.3 Å². The largest absolute Gasteiger partial charge is 0.573 e. The maximum absolute atomic E-state index is 12.5. The number of carbonyl (C=O) groups is 1. The molecule has 6 nitrogen and oxygen atoms in total. The zero-order chi connectivity index (χ0) is 21.6. The summed E-state index contributed by atoms with van der Waals surface area (Å²) in [6.07, 6.45) is -2.14. The zero-order valence-electron chi connectivity index (χ0n) is 16.9. The standard InChI is InChI=1S/C22H20F3N3O3.ClH/c23-22(24,25)30-16-6-7-17-18(12-16)27-19(26-17)14-8-10-21(11-9-14)13-28(20(29)31-21)15-4-2-1-3-5-15;/h1-7,12,14H,8-11,13H2,(H,26,27);1H/t14-,21-;. The number of nitrogens with one attached hydrogen (secondary N) is 1. The molecule has 1 aliphatic carbocycles. The fraction of sp³-hybridized carbons (Fsp3) is 0.364. The van der Waals surface area contributed by atoms with E-state index in [9.17, 15) is 18.0 Å². The van der Waals surface area contributed by atoms with Crippen LogP contribution in [0.2, 0.25) is 0 Å².